The molecular formula is C13H16N4O3S. The molecule has 1 aromatic carbocycles. The monoisotopic (exact) mass is 308 g/mol. The summed E-state index contributed by atoms with van der Waals surface area (Å²) in [7, 11) is -3.70. The predicted octanol–water partition coefficient (Wildman–Crippen LogP) is 0.795. The highest BCUT2D eigenvalue weighted by Crippen LogP contribution is 2.34. The average Bonchev–Trinajstić information content (AvgIpc) is 2.97. The number of benzene rings is 1. The van der Waals surface area contributed by atoms with Gasteiger partial charge in [0.15, 0.2) is 0 Å². The second-order valence-electron chi connectivity index (χ2n) is 4.86. The van der Waals surface area contributed by atoms with Gasteiger partial charge in [-0.25, -0.2) is 18.1 Å². The van der Waals surface area contributed by atoms with E-state index in [2.05, 4.69) is 14.7 Å². The normalized spacial score (nSPS) is 14.5. The van der Waals surface area contributed by atoms with Crippen LogP contribution in [0.5, 0.6) is 5.75 Å². The third kappa shape index (κ3) is 2.86. The van der Waals surface area contributed by atoms with Gasteiger partial charge in [0.2, 0.25) is 10.0 Å². The lowest BCUT2D eigenvalue weighted by molar-refractivity contribution is 0.280. The summed E-state index contributed by atoms with van der Waals surface area (Å²) in [5.74, 6) is 0.410. The van der Waals surface area contributed by atoms with Crippen LogP contribution in [0, 0.1) is 0 Å². The summed E-state index contributed by atoms with van der Waals surface area (Å²) in [6.07, 6.45) is 4.68. The van der Waals surface area contributed by atoms with Crippen LogP contribution in [-0.4, -0.2) is 25.0 Å². The molecule has 112 valence electrons. The molecular weight excluding hydrogens is 292 g/mol. The van der Waals surface area contributed by atoms with Gasteiger partial charge in [-0.1, -0.05) is 0 Å². The van der Waals surface area contributed by atoms with Crippen LogP contribution in [0.3, 0.4) is 0 Å². The van der Waals surface area contributed by atoms with Crippen molar-refractivity contribution in [1.29, 1.82) is 0 Å². The second kappa shape index (κ2) is 5.38. The summed E-state index contributed by atoms with van der Waals surface area (Å²) in [5.41, 5.74) is 7.74. The molecule has 0 unspecified atom stereocenters. The summed E-state index contributed by atoms with van der Waals surface area (Å²) in [5, 5.41) is 0. The van der Waals surface area contributed by atoms with Gasteiger partial charge in [-0.15, -0.1) is 0 Å². The molecule has 1 aliphatic rings. The highest BCUT2D eigenvalue weighted by atomic mass is 32.2. The van der Waals surface area contributed by atoms with Gasteiger partial charge in [-0.3, -0.25) is 0 Å². The minimum absolute atomic E-state index is 0.0942. The fraction of sp³-hybridized carbons (Fsp3) is 0.308. The number of imidazole rings is 1. The number of H-pyrrole nitrogens is 1. The molecule has 8 heteroatoms. The maximum Gasteiger partial charge on any atom is 0.244 e. The number of aryl methyl sites for hydroxylation is 1. The van der Waals surface area contributed by atoms with Crippen molar-refractivity contribution in [2.75, 3.05) is 12.3 Å². The number of hydrogen-bond donors (Lipinski definition) is 3. The van der Waals surface area contributed by atoms with Crippen molar-refractivity contribution in [3.63, 3.8) is 0 Å². The number of anilines is 1. The van der Waals surface area contributed by atoms with Gasteiger partial charge in [0, 0.05) is 17.6 Å². The maximum atomic E-state index is 12.5. The third-order valence-electron chi connectivity index (χ3n) is 3.29. The van der Waals surface area contributed by atoms with Crippen LogP contribution < -0.4 is 15.2 Å². The zero-order valence-electron chi connectivity index (χ0n) is 11.3. The molecule has 0 fully saturated rings. The first kappa shape index (κ1) is 13.9. The van der Waals surface area contributed by atoms with Crippen LogP contribution in [0.1, 0.15) is 17.7 Å². The van der Waals surface area contributed by atoms with Crippen molar-refractivity contribution in [2.24, 2.45) is 0 Å². The zero-order chi connectivity index (χ0) is 14.9. The Kier molecular flexibility index (Phi) is 3.56. The van der Waals surface area contributed by atoms with E-state index in [9.17, 15) is 8.42 Å². The Balaban J connectivity index is 1.93. The number of aromatic amines is 1. The first-order valence-electron chi connectivity index (χ1n) is 6.58. The van der Waals surface area contributed by atoms with E-state index in [1.807, 2.05) is 0 Å². The molecule has 0 amide bonds. The van der Waals surface area contributed by atoms with E-state index >= 15 is 0 Å². The number of nitrogen functional groups attached to an aromatic ring is 1. The van der Waals surface area contributed by atoms with Crippen LogP contribution in [0.2, 0.25) is 0 Å². The molecule has 4 N–H and O–H groups in total. The van der Waals surface area contributed by atoms with Crippen molar-refractivity contribution in [1.82, 2.24) is 14.7 Å². The minimum Gasteiger partial charge on any atom is -0.492 e. The molecule has 0 saturated heterocycles. The number of nitrogens with zero attached hydrogens (tertiary/aromatic N) is 1. The predicted molar refractivity (Wildman–Crippen MR) is 77.3 cm³/mol. The van der Waals surface area contributed by atoms with Crippen molar-refractivity contribution in [3.8, 4) is 5.75 Å². The fourth-order valence-corrected chi connectivity index (χ4v) is 3.53. The van der Waals surface area contributed by atoms with Crippen molar-refractivity contribution in [2.45, 2.75) is 24.3 Å². The summed E-state index contributed by atoms with van der Waals surface area (Å²) in [6.45, 7) is 0.645. The van der Waals surface area contributed by atoms with E-state index < -0.39 is 10.0 Å². The second-order valence-corrected chi connectivity index (χ2v) is 6.60. The molecule has 0 atom stereocenters. The summed E-state index contributed by atoms with van der Waals surface area (Å²) >= 11 is 0. The maximum absolute atomic E-state index is 12.5. The molecule has 21 heavy (non-hydrogen) atoms. The smallest absolute Gasteiger partial charge is 0.244 e. The Bertz CT molecular complexity index is 741. The Hall–Kier alpha value is -2.06. The molecule has 1 aromatic heterocycles. The molecule has 0 bridgehead atoms. The Morgan fingerprint density at radius 3 is 3.05 bits per heavy atom. The largest absolute Gasteiger partial charge is 0.492 e. The molecule has 0 radical (unpaired) electrons. The van der Waals surface area contributed by atoms with Crippen LogP contribution in [0.25, 0.3) is 0 Å². The Morgan fingerprint density at radius 1 is 1.43 bits per heavy atom. The van der Waals surface area contributed by atoms with Crippen LogP contribution >= 0.6 is 0 Å². The number of ether oxygens (including phenoxy) is 1. The van der Waals surface area contributed by atoms with Gasteiger partial charge in [0.1, 0.15) is 10.6 Å². The molecule has 2 aromatic rings. The van der Waals surface area contributed by atoms with Gasteiger partial charge in [-0.2, -0.15) is 0 Å². The van der Waals surface area contributed by atoms with E-state index in [1.54, 1.807) is 12.3 Å². The van der Waals surface area contributed by atoms with Crippen LogP contribution in [-0.2, 0) is 23.0 Å². The van der Waals surface area contributed by atoms with E-state index in [-0.39, 0.29) is 11.4 Å². The van der Waals surface area contributed by atoms with E-state index in [0.717, 1.165) is 18.4 Å². The lowest BCUT2D eigenvalue weighted by Crippen LogP contribution is -2.25. The number of hydrogen-bond acceptors (Lipinski definition) is 5. The minimum atomic E-state index is -3.70. The molecule has 0 aliphatic carbocycles. The first-order chi connectivity index (χ1) is 10.1. The summed E-state index contributed by atoms with van der Waals surface area (Å²) in [6, 6.07) is 3.20. The zero-order valence-corrected chi connectivity index (χ0v) is 12.1. The number of rotatable bonds is 4. The summed E-state index contributed by atoms with van der Waals surface area (Å²) in [4.78, 5) is 6.78. The van der Waals surface area contributed by atoms with Gasteiger partial charge < -0.3 is 15.5 Å². The van der Waals surface area contributed by atoms with Gasteiger partial charge in [0.05, 0.1) is 19.5 Å². The Morgan fingerprint density at radius 2 is 2.29 bits per heavy atom. The van der Waals surface area contributed by atoms with E-state index in [4.69, 9.17) is 10.5 Å². The molecule has 2 heterocycles. The molecule has 7 nitrogen and oxygen atoms in total. The van der Waals surface area contributed by atoms with Crippen molar-refractivity contribution in [3.05, 3.63) is 35.9 Å². The van der Waals surface area contributed by atoms with Crippen molar-refractivity contribution >= 4 is 15.7 Å². The van der Waals surface area contributed by atoms with Gasteiger partial charge >= 0.3 is 0 Å². The SMILES string of the molecule is Nc1cc2c(c(S(=O)(=O)NCc3cnc[nH]3)c1)OCCC2. The standard InChI is InChI=1S/C13H16N4O3S/c14-10-4-9-2-1-3-20-13(9)12(5-10)21(18,19)17-7-11-6-15-8-16-11/h4-6,8,17H,1-3,7,14H2,(H,15,16). The molecule has 0 spiro atoms. The van der Waals surface area contributed by atoms with Crippen LogP contribution in [0.4, 0.5) is 5.69 Å². The van der Waals surface area contributed by atoms with Crippen LogP contribution in [0.15, 0.2) is 29.6 Å². The number of sulfonamides is 1. The lowest BCUT2D eigenvalue weighted by Gasteiger charge is -2.21. The van der Waals surface area contributed by atoms with E-state index in [1.165, 1.54) is 12.4 Å². The number of nitrogens with two attached hydrogens (primary N) is 1. The third-order valence-corrected chi connectivity index (χ3v) is 4.69. The van der Waals surface area contributed by atoms with Gasteiger partial charge in [-0.05, 0) is 30.5 Å². The molecule has 0 saturated carbocycles. The number of fused-ring (bicyclic) bond motifs is 1. The van der Waals surface area contributed by atoms with E-state index in [0.29, 0.717) is 23.7 Å². The quantitative estimate of drug-likeness (QED) is 0.723. The van der Waals surface area contributed by atoms with Crippen molar-refractivity contribution < 1.29 is 13.2 Å². The number of nitrogens with one attached hydrogen (secondary N) is 2. The Labute approximate surface area is 122 Å². The first-order valence-corrected chi connectivity index (χ1v) is 8.07. The fourth-order valence-electron chi connectivity index (χ4n) is 2.30. The average molecular weight is 308 g/mol. The number of aromatic nitrogens is 2. The topological polar surface area (TPSA) is 110 Å². The highest BCUT2D eigenvalue weighted by molar-refractivity contribution is 7.89. The molecule has 3 rings (SSSR count). The summed E-state index contributed by atoms with van der Waals surface area (Å²) < 4.78 is 33.0. The molecule has 1 aliphatic heterocycles. The lowest BCUT2D eigenvalue weighted by atomic mass is 10.1. The van der Waals surface area contributed by atoms with Gasteiger partial charge in [0.25, 0.3) is 0 Å². The highest BCUT2D eigenvalue weighted by Gasteiger charge is 2.25.